The Balaban J connectivity index is 1.40. The summed E-state index contributed by atoms with van der Waals surface area (Å²) < 4.78 is 0. The van der Waals surface area contributed by atoms with Gasteiger partial charge in [-0.15, -0.1) is 0 Å². The molecule has 24 heavy (non-hydrogen) atoms. The van der Waals surface area contributed by atoms with Crippen LogP contribution in [0.4, 0.5) is 5.82 Å². The lowest BCUT2D eigenvalue weighted by Crippen LogP contribution is -2.46. The summed E-state index contributed by atoms with van der Waals surface area (Å²) in [6.07, 6.45) is 3.50. The number of aryl methyl sites for hydroxylation is 1. The molecule has 3 heterocycles. The fourth-order valence-electron chi connectivity index (χ4n) is 3.23. The third-order valence-corrected chi connectivity index (χ3v) is 4.56. The van der Waals surface area contributed by atoms with Crippen molar-refractivity contribution >= 4 is 16.7 Å². The number of piperazine rings is 1. The van der Waals surface area contributed by atoms with Gasteiger partial charge in [-0.1, -0.05) is 12.1 Å². The highest BCUT2D eigenvalue weighted by Gasteiger charge is 2.18. The van der Waals surface area contributed by atoms with Crippen molar-refractivity contribution in [1.82, 2.24) is 19.9 Å². The zero-order valence-corrected chi connectivity index (χ0v) is 13.9. The van der Waals surface area contributed by atoms with Gasteiger partial charge in [0.15, 0.2) is 0 Å². The fraction of sp³-hybridized carbons (Fsp3) is 0.316. The Labute approximate surface area is 142 Å². The predicted molar refractivity (Wildman–Crippen MR) is 96.0 cm³/mol. The average Bonchev–Trinajstić information content (AvgIpc) is 2.62. The van der Waals surface area contributed by atoms with E-state index >= 15 is 0 Å². The molecule has 5 nitrogen and oxygen atoms in total. The van der Waals surface area contributed by atoms with E-state index in [1.165, 1.54) is 10.9 Å². The second kappa shape index (κ2) is 6.53. The van der Waals surface area contributed by atoms with Gasteiger partial charge in [-0.3, -0.25) is 9.88 Å². The van der Waals surface area contributed by atoms with E-state index in [1.807, 2.05) is 19.2 Å². The van der Waals surface area contributed by atoms with E-state index in [0.29, 0.717) is 0 Å². The minimum absolute atomic E-state index is 0.988. The number of rotatable bonds is 3. The fourth-order valence-corrected chi connectivity index (χ4v) is 3.23. The molecular weight excluding hydrogens is 298 g/mol. The molecule has 0 spiro atoms. The molecule has 0 aliphatic carbocycles. The monoisotopic (exact) mass is 319 g/mol. The first-order valence-electron chi connectivity index (χ1n) is 8.37. The molecule has 1 fully saturated rings. The van der Waals surface area contributed by atoms with Crippen LogP contribution in [0, 0.1) is 6.92 Å². The van der Waals surface area contributed by atoms with Gasteiger partial charge in [0.1, 0.15) is 12.1 Å². The van der Waals surface area contributed by atoms with Crippen LogP contribution in [-0.2, 0) is 6.54 Å². The van der Waals surface area contributed by atoms with E-state index in [0.717, 1.165) is 49.8 Å². The van der Waals surface area contributed by atoms with Crippen LogP contribution in [0.5, 0.6) is 0 Å². The molecule has 1 aliphatic rings. The first-order chi connectivity index (χ1) is 11.8. The quantitative estimate of drug-likeness (QED) is 0.743. The molecule has 2 aromatic heterocycles. The van der Waals surface area contributed by atoms with E-state index in [4.69, 9.17) is 0 Å². The maximum Gasteiger partial charge on any atom is 0.132 e. The second-order valence-corrected chi connectivity index (χ2v) is 6.31. The number of anilines is 1. The van der Waals surface area contributed by atoms with E-state index in [2.05, 4.69) is 55.1 Å². The molecule has 4 rings (SSSR count). The minimum Gasteiger partial charge on any atom is -0.354 e. The first-order valence-corrected chi connectivity index (χ1v) is 8.37. The Morgan fingerprint density at radius 2 is 1.83 bits per heavy atom. The van der Waals surface area contributed by atoms with Gasteiger partial charge in [0.25, 0.3) is 0 Å². The molecule has 122 valence electrons. The molecule has 3 aromatic rings. The third kappa shape index (κ3) is 3.21. The van der Waals surface area contributed by atoms with E-state index in [1.54, 1.807) is 6.33 Å². The average molecular weight is 319 g/mol. The van der Waals surface area contributed by atoms with Gasteiger partial charge >= 0.3 is 0 Å². The number of nitrogens with zero attached hydrogens (tertiary/aromatic N) is 5. The Bertz CT molecular complexity index is 840. The summed E-state index contributed by atoms with van der Waals surface area (Å²) in [7, 11) is 0. The maximum absolute atomic E-state index is 4.40. The van der Waals surface area contributed by atoms with Crippen molar-refractivity contribution < 1.29 is 0 Å². The zero-order valence-electron chi connectivity index (χ0n) is 13.9. The van der Waals surface area contributed by atoms with Crippen molar-refractivity contribution in [2.24, 2.45) is 0 Å². The van der Waals surface area contributed by atoms with Crippen LogP contribution in [0.1, 0.15) is 11.3 Å². The summed E-state index contributed by atoms with van der Waals surface area (Å²) >= 11 is 0. The summed E-state index contributed by atoms with van der Waals surface area (Å²) in [6.45, 7) is 7.11. The number of hydrogen-bond acceptors (Lipinski definition) is 5. The second-order valence-electron chi connectivity index (χ2n) is 6.31. The van der Waals surface area contributed by atoms with Crippen molar-refractivity contribution in [2.75, 3.05) is 31.1 Å². The van der Waals surface area contributed by atoms with Gasteiger partial charge in [-0.25, -0.2) is 9.97 Å². The molecule has 0 radical (unpaired) electrons. The van der Waals surface area contributed by atoms with Crippen LogP contribution in [0.25, 0.3) is 10.9 Å². The van der Waals surface area contributed by atoms with E-state index < -0.39 is 0 Å². The van der Waals surface area contributed by atoms with Crippen LogP contribution in [0.2, 0.25) is 0 Å². The lowest BCUT2D eigenvalue weighted by molar-refractivity contribution is 0.249. The molecule has 0 atom stereocenters. The van der Waals surface area contributed by atoms with Gasteiger partial charge in [0, 0.05) is 56.1 Å². The highest BCUT2D eigenvalue weighted by molar-refractivity contribution is 5.78. The van der Waals surface area contributed by atoms with Crippen molar-refractivity contribution in [3.63, 3.8) is 0 Å². The smallest absolute Gasteiger partial charge is 0.132 e. The maximum atomic E-state index is 4.40. The summed E-state index contributed by atoms with van der Waals surface area (Å²) in [6, 6.07) is 12.7. The molecule has 1 aliphatic heterocycles. The Morgan fingerprint density at radius 3 is 2.67 bits per heavy atom. The van der Waals surface area contributed by atoms with E-state index in [-0.39, 0.29) is 0 Å². The highest BCUT2D eigenvalue weighted by atomic mass is 15.3. The summed E-state index contributed by atoms with van der Waals surface area (Å²) in [5.74, 6) is 1.04. The molecule has 0 unspecified atom stereocenters. The summed E-state index contributed by atoms with van der Waals surface area (Å²) in [5, 5.41) is 1.21. The van der Waals surface area contributed by atoms with Crippen molar-refractivity contribution in [1.29, 1.82) is 0 Å². The van der Waals surface area contributed by atoms with Gasteiger partial charge in [-0.05, 0) is 30.7 Å². The lowest BCUT2D eigenvalue weighted by Gasteiger charge is -2.35. The van der Waals surface area contributed by atoms with Gasteiger partial charge in [-0.2, -0.15) is 0 Å². The van der Waals surface area contributed by atoms with E-state index in [9.17, 15) is 0 Å². The highest BCUT2D eigenvalue weighted by Crippen LogP contribution is 2.17. The van der Waals surface area contributed by atoms with Gasteiger partial charge in [0.05, 0.1) is 5.52 Å². The molecule has 0 N–H and O–H groups in total. The van der Waals surface area contributed by atoms with Crippen molar-refractivity contribution in [3.8, 4) is 0 Å². The molecule has 5 heteroatoms. The normalized spacial score (nSPS) is 15.8. The Kier molecular flexibility index (Phi) is 4.09. The number of pyridine rings is 1. The first kappa shape index (κ1) is 15.0. The number of fused-ring (bicyclic) bond motifs is 1. The van der Waals surface area contributed by atoms with Crippen LogP contribution < -0.4 is 4.90 Å². The summed E-state index contributed by atoms with van der Waals surface area (Å²) in [5.41, 5.74) is 3.43. The lowest BCUT2D eigenvalue weighted by atomic mass is 10.1. The SMILES string of the molecule is Cc1cc(N2CCN(Cc3ccc4ncccc4c3)CC2)ncn1. The predicted octanol–water partition coefficient (Wildman–Crippen LogP) is 2.66. The van der Waals surface area contributed by atoms with Crippen LogP contribution in [0.3, 0.4) is 0 Å². The Morgan fingerprint density at radius 1 is 0.958 bits per heavy atom. The number of benzene rings is 1. The van der Waals surface area contributed by atoms with Crippen molar-refractivity contribution in [3.05, 3.63) is 60.2 Å². The largest absolute Gasteiger partial charge is 0.354 e. The standard InChI is InChI=1S/C19H21N5/c1-15-11-19(22-14-21-15)24-9-7-23(8-10-24)13-16-4-5-18-17(12-16)3-2-6-20-18/h2-6,11-12,14H,7-10,13H2,1H3. The Hall–Kier alpha value is -2.53. The van der Waals surface area contributed by atoms with Crippen LogP contribution >= 0.6 is 0 Å². The molecule has 0 bridgehead atoms. The number of hydrogen-bond donors (Lipinski definition) is 0. The van der Waals surface area contributed by atoms with Gasteiger partial charge < -0.3 is 4.90 Å². The van der Waals surface area contributed by atoms with Crippen LogP contribution in [0.15, 0.2) is 48.9 Å². The molecule has 1 aromatic carbocycles. The third-order valence-electron chi connectivity index (χ3n) is 4.56. The van der Waals surface area contributed by atoms with Crippen LogP contribution in [-0.4, -0.2) is 46.0 Å². The molecular formula is C19H21N5. The molecule has 0 amide bonds. The molecule has 0 saturated carbocycles. The van der Waals surface area contributed by atoms with Crippen molar-refractivity contribution in [2.45, 2.75) is 13.5 Å². The zero-order chi connectivity index (χ0) is 16.4. The minimum atomic E-state index is 0.988. The van der Waals surface area contributed by atoms with Gasteiger partial charge in [0.2, 0.25) is 0 Å². The number of aromatic nitrogens is 3. The topological polar surface area (TPSA) is 45.2 Å². The summed E-state index contributed by atoms with van der Waals surface area (Å²) in [4.78, 5) is 17.8. The molecule has 1 saturated heterocycles.